The zero-order valence-corrected chi connectivity index (χ0v) is 13.3. The average molecular weight is 299 g/mol. The molecule has 2 heterocycles. The Morgan fingerprint density at radius 2 is 2.05 bits per heavy atom. The van der Waals surface area contributed by atoms with E-state index in [1.165, 1.54) is 0 Å². The molecule has 0 spiro atoms. The Kier molecular flexibility index (Phi) is 4.76. The standard InChI is InChI=1S/C15H25NO5/c1-5-19-13(17)10-8-12-11(6-7-20-12)16(9-10)14(18)21-15(2,3)4/h10-12H,5-9H2,1-4H3. The van der Waals surface area contributed by atoms with Gasteiger partial charge in [-0.1, -0.05) is 0 Å². The lowest BCUT2D eigenvalue weighted by molar-refractivity contribution is -0.152. The average Bonchev–Trinajstić information content (AvgIpc) is 2.83. The first kappa shape index (κ1) is 16.1. The highest BCUT2D eigenvalue weighted by Crippen LogP contribution is 2.32. The lowest BCUT2D eigenvalue weighted by Gasteiger charge is -2.40. The van der Waals surface area contributed by atoms with Gasteiger partial charge in [0.2, 0.25) is 0 Å². The van der Waals surface area contributed by atoms with E-state index in [0.29, 0.717) is 26.2 Å². The van der Waals surface area contributed by atoms with E-state index in [0.717, 1.165) is 6.42 Å². The van der Waals surface area contributed by atoms with Crippen molar-refractivity contribution in [2.24, 2.45) is 5.92 Å². The Morgan fingerprint density at radius 1 is 1.33 bits per heavy atom. The molecule has 6 heteroatoms. The van der Waals surface area contributed by atoms with E-state index < -0.39 is 5.60 Å². The Hall–Kier alpha value is -1.30. The predicted octanol–water partition coefficient (Wildman–Crippen LogP) is 1.96. The molecule has 0 aromatic heterocycles. The fourth-order valence-corrected chi connectivity index (χ4v) is 2.91. The first-order chi connectivity index (χ1) is 9.81. The quantitative estimate of drug-likeness (QED) is 0.729. The Bertz CT molecular complexity index is 403. The maximum Gasteiger partial charge on any atom is 0.410 e. The highest BCUT2D eigenvalue weighted by molar-refractivity contribution is 5.75. The van der Waals surface area contributed by atoms with Crippen molar-refractivity contribution in [3.63, 3.8) is 0 Å². The molecule has 3 atom stereocenters. The number of nitrogens with zero attached hydrogens (tertiary/aromatic N) is 1. The van der Waals surface area contributed by atoms with E-state index in [2.05, 4.69) is 0 Å². The summed E-state index contributed by atoms with van der Waals surface area (Å²) in [7, 11) is 0. The number of piperidine rings is 1. The normalized spacial score (nSPS) is 29.0. The third-order valence-electron chi connectivity index (χ3n) is 3.76. The highest BCUT2D eigenvalue weighted by atomic mass is 16.6. The second kappa shape index (κ2) is 6.22. The number of hydrogen-bond acceptors (Lipinski definition) is 5. The summed E-state index contributed by atoms with van der Waals surface area (Å²) in [5, 5.41) is 0. The highest BCUT2D eigenvalue weighted by Gasteiger charge is 2.45. The minimum Gasteiger partial charge on any atom is -0.466 e. The number of ether oxygens (including phenoxy) is 3. The minimum atomic E-state index is -0.553. The maximum absolute atomic E-state index is 12.4. The van der Waals surface area contributed by atoms with E-state index in [1.807, 2.05) is 20.8 Å². The van der Waals surface area contributed by atoms with E-state index in [4.69, 9.17) is 14.2 Å². The molecule has 2 aliphatic heterocycles. The molecule has 2 aliphatic rings. The van der Waals surface area contributed by atoms with Gasteiger partial charge in [-0.15, -0.1) is 0 Å². The lowest BCUT2D eigenvalue weighted by atomic mass is 9.90. The Morgan fingerprint density at radius 3 is 2.67 bits per heavy atom. The molecule has 0 saturated carbocycles. The molecule has 0 radical (unpaired) electrons. The lowest BCUT2D eigenvalue weighted by Crippen LogP contribution is -2.54. The minimum absolute atomic E-state index is 0.00512. The number of carbonyl (C=O) groups excluding carboxylic acids is 2. The molecule has 0 aliphatic carbocycles. The van der Waals surface area contributed by atoms with Crippen LogP contribution in [0.25, 0.3) is 0 Å². The van der Waals surface area contributed by atoms with Gasteiger partial charge in [-0.3, -0.25) is 4.79 Å². The Labute approximate surface area is 125 Å². The van der Waals surface area contributed by atoms with Gasteiger partial charge in [-0.2, -0.15) is 0 Å². The molecule has 6 nitrogen and oxygen atoms in total. The van der Waals surface area contributed by atoms with Crippen LogP contribution in [0.2, 0.25) is 0 Å². The predicted molar refractivity (Wildman–Crippen MR) is 75.8 cm³/mol. The van der Waals surface area contributed by atoms with Gasteiger partial charge in [0.1, 0.15) is 5.60 Å². The number of carbonyl (C=O) groups is 2. The summed E-state index contributed by atoms with van der Waals surface area (Å²) in [6.07, 6.45) is 0.931. The first-order valence-corrected chi connectivity index (χ1v) is 7.59. The third-order valence-corrected chi connectivity index (χ3v) is 3.76. The number of fused-ring (bicyclic) bond motifs is 1. The molecule has 3 unspecified atom stereocenters. The number of amides is 1. The topological polar surface area (TPSA) is 65.1 Å². The Balaban J connectivity index is 2.09. The van der Waals surface area contributed by atoms with Crippen molar-refractivity contribution in [2.75, 3.05) is 19.8 Å². The molecule has 0 N–H and O–H groups in total. The summed E-state index contributed by atoms with van der Waals surface area (Å²) in [4.78, 5) is 26.0. The summed E-state index contributed by atoms with van der Waals surface area (Å²) in [6.45, 7) is 8.58. The van der Waals surface area contributed by atoms with Gasteiger partial charge < -0.3 is 19.1 Å². The summed E-state index contributed by atoms with van der Waals surface area (Å²) in [5.74, 6) is -0.600. The summed E-state index contributed by atoms with van der Waals surface area (Å²) < 4.78 is 16.2. The van der Waals surface area contributed by atoms with Crippen molar-refractivity contribution in [1.29, 1.82) is 0 Å². The van der Waals surface area contributed by atoms with Gasteiger partial charge in [0.15, 0.2) is 0 Å². The van der Waals surface area contributed by atoms with Crippen molar-refractivity contribution >= 4 is 12.1 Å². The second-order valence-corrected chi connectivity index (χ2v) is 6.58. The molecule has 21 heavy (non-hydrogen) atoms. The van der Waals surface area contributed by atoms with Gasteiger partial charge in [-0.05, 0) is 40.5 Å². The van der Waals surface area contributed by atoms with Gasteiger partial charge in [0, 0.05) is 13.2 Å². The molecule has 2 saturated heterocycles. The molecular formula is C15H25NO5. The zero-order chi connectivity index (χ0) is 15.6. The van der Waals surface area contributed by atoms with Crippen LogP contribution in [0, 0.1) is 5.92 Å². The van der Waals surface area contributed by atoms with E-state index in [9.17, 15) is 9.59 Å². The van der Waals surface area contributed by atoms with Crippen LogP contribution in [0.4, 0.5) is 4.79 Å². The first-order valence-electron chi connectivity index (χ1n) is 7.59. The maximum atomic E-state index is 12.4. The SMILES string of the molecule is CCOC(=O)C1CC2OCCC2N(C(=O)OC(C)(C)C)C1. The number of hydrogen-bond donors (Lipinski definition) is 0. The number of esters is 1. The third kappa shape index (κ3) is 3.87. The van der Waals surface area contributed by atoms with Crippen molar-refractivity contribution in [3.05, 3.63) is 0 Å². The number of likely N-dealkylation sites (tertiary alicyclic amines) is 1. The van der Waals surface area contributed by atoms with Gasteiger partial charge in [0.05, 0.1) is 24.7 Å². The van der Waals surface area contributed by atoms with Crippen LogP contribution in [-0.2, 0) is 19.0 Å². The monoisotopic (exact) mass is 299 g/mol. The molecule has 120 valence electrons. The smallest absolute Gasteiger partial charge is 0.410 e. The van der Waals surface area contributed by atoms with Crippen LogP contribution in [0.3, 0.4) is 0 Å². The molecule has 0 aromatic carbocycles. The van der Waals surface area contributed by atoms with Crippen LogP contribution < -0.4 is 0 Å². The van der Waals surface area contributed by atoms with E-state index >= 15 is 0 Å². The van der Waals surface area contributed by atoms with Crippen molar-refractivity contribution in [1.82, 2.24) is 4.90 Å². The molecule has 0 bridgehead atoms. The summed E-state index contributed by atoms with van der Waals surface area (Å²) in [5.41, 5.74) is -0.553. The second-order valence-electron chi connectivity index (χ2n) is 6.58. The molecule has 2 fully saturated rings. The van der Waals surface area contributed by atoms with Gasteiger partial charge >= 0.3 is 12.1 Å². The van der Waals surface area contributed by atoms with Crippen molar-refractivity contribution in [3.8, 4) is 0 Å². The molecule has 1 amide bonds. The van der Waals surface area contributed by atoms with Crippen LogP contribution in [-0.4, -0.2) is 54.5 Å². The fourth-order valence-electron chi connectivity index (χ4n) is 2.91. The number of rotatable bonds is 2. The van der Waals surface area contributed by atoms with Crippen LogP contribution in [0.1, 0.15) is 40.5 Å². The molecule has 0 aromatic rings. The van der Waals surface area contributed by atoms with Crippen molar-refractivity contribution < 1.29 is 23.8 Å². The molecular weight excluding hydrogens is 274 g/mol. The summed E-state index contributed by atoms with van der Waals surface area (Å²) >= 11 is 0. The summed E-state index contributed by atoms with van der Waals surface area (Å²) in [6, 6.07) is 0.00512. The van der Waals surface area contributed by atoms with E-state index in [1.54, 1.807) is 11.8 Å². The van der Waals surface area contributed by atoms with E-state index in [-0.39, 0.29) is 30.1 Å². The molecule has 2 rings (SSSR count). The van der Waals surface area contributed by atoms with Crippen LogP contribution >= 0.6 is 0 Å². The zero-order valence-electron chi connectivity index (χ0n) is 13.3. The van der Waals surface area contributed by atoms with Crippen LogP contribution in [0.5, 0.6) is 0 Å². The van der Waals surface area contributed by atoms with Crippen molar-refractivity contribution in [2.45, 2.75) is 58.3 Å². The largest absolute Gasteiger partial charge is 0.466 e. The van der Waals surface area contributed by atoms with Gasteiger partial charge in [0.25, 0.3) is 0 Å². The van der Waals surface area contributed by atoms with Crippen LogP contribution in [0.15, 0.2) is 0 Å². The van der Waals surface area contributed by atoms with Gasteiger partial charge in [-0.25, -0.2) is 4.79 Å². The fraction of sp³-hybridized carbons (Fsp3) is 0.867.